The maximum atomic E-state index is 0. The molecule has 0 aliphatic carbocycles. The molecule has 0 aromatic carbocycles. The van der Waals surface area contributed by atoms with Crippen molar-refractivity contribution in [3.8, 4) is 0 Å². The fourth-order valence-corrected chi connectivity index (χ4v) is 0. The van der Waals surface area contributed by atoms with Crippen molar-refractivity contribution in [3.05, 3.63) is 0 Å². The van der Waals surface area contributed by atoms with Crippen LogP contribution < -0.4 is 0 Å². The summed E-state index contributed by atoms with van der Waals surface area (Å²) in [5.41, 5.74) is 0. The van der Waals surface area contributed by atoms with E-state index in [0.717, 1.165) is 0 Å². The molecule has 0 aromatic heterocycles. The zero-order chi connectivity index (χ0) is 0. The topological polar surface area (TPSA) is 0 Å². The minimum absolute atomic E-state index is 0. The van der Waals surface area contributed by atoms with E-state index >= 15 is 0 Å². The minimum Gasteiger partial charge on any atom is 0 e. The number of rotatable bonds is 0. The molecule has 0 bridgehead atoms. The molecule has 0 atom stereocenters. The Morgan fingerprint density at radius 2 is 1.00 bits per heavy atom. The predicted octanol–water partition coefficient (Wildman–Crippen LogP) is -0.393. The molecular formula is CdCuFeMnPbZn. The first-order valence-corrected chi connectivity index (χ1v) is 0. The van der Waals surface area contributed by atoms with E-state index in [1.807, 2.05) is 0 Å². The van der Waals surface area contributed by atoms with Crippen molar-refractivity contribution in [3.63, 3.8) is 0 Å². The number of hydrogen-bond acceptors (Lipinski definition) is 0. The molecule has 6 heavy (non-hydrogen) atoms. The normalized spacial score (nSPS) is 0. The molecule has 0 rings (SSSR count). The third kappa shape index (κ3) is 24.4. The van der Waals surface area contributed by atoms with Gasteiger partial charge in [-0.05, 0) is 0 Å². The molecule has 0 saturated carbocycles. The van der Waals surface area contributed by atoms with E-state index in [-0.39, 0.29) is 125 Å². The quantitative estimate of drug-likeness (QED) is 0.355. The van der Waals surface area contributed by atoms with E-state index in [1.54, 1.807) is 0 Å². The summed E-state index contributed by atoms with van der Waals surface area (Å²) < 4.78 is 0. The van der Waals surface area contributed by atoms with Crippen molar-refractivity contribution in [2.24, 2.45) is 0 Å². The first-order chi connectivity index (χ1) is 0. The Bertz CT molecular complexity index is 15.5. The van der Waals surface area contributed by atoms with Gasteiger partial charge >= 0.3 is 0 Å². The van der Waals surface area contributed by atoms with Crippen molar-refractivity contribution < 1.29 is 98.0 Å². The van der Waals surface area contributed by atoms with Crippen LogP contribution in [0.3, 0.4) is 0 Å². The molecule has 0 aliphatic heterocycles. The van der Waals surface area contributed by atoms with Crippen LogP contribution in [0.1, 0.15) is 0 Å². The van der Waals surface area contributed by atoms with Crippen molar-refractivity contribution >= 4 is 27.3 Å². The van der Waals surface area contributed by atoms with Crippen LogP contribution in [-0.2, 0) is 98.0 Å². The van der Waals surface area contributed by atoms with E-state index in [2.05, 4.69) is 0 Å². The maximum absolute atomic E-state index is 0. The second kappa shape index (κ2) is 35.9. The molecule has 0 aliphatic rings. The zero-order valence-corrected chi connectivity index (χ0v) is 17.1. The van der Waals surface area contributed by atoms with E-state index in [0.29, 0.717) is 0 Å². The first-order valence-electron chi connectivity index (χ1n) is 0. The SMILES string of the molecule is [Cd].[Cu].[Fe].[Mn].[Pb].[Zn]. The van der Waals surface area contributed by atoms with Gasteiger partial charge in [-0.2, -0.15) is 0 Å². The molecule has 0 unspecified atom stereocenters. The van der Waals surface area contributed by atoms with E-state index in [4.69, 9.17) is 0 Å². The Labute approximate surface area is 123 Å². The Kier molecular flexibility index (Phi) is 301. The summed E-state index contributed by atoms with van der Waals surface area (Å²) in [4.78, 5) is 0. The molecule has 6 radical (unpaired) electrons. The van der Waals surface area contributed by atoms with Crippen LogP contribution in [0.2, 0.25) is 0 Å². The Balaban J connectivity index is 0. The Morgan fingerprint density at radius 1 is 1.00 bits per heavy atom. The smallest absolute Gasteiger partial charge is 0 e. The standard InChI is InChI=1S/Cd.Cu.Fe.Mn.Pb.Zn. The number of hydrogen-bond donors (Lipinski definition) is 0. The van der Waals surface area contributed by atoms with Crippen LogP contribution in [0.5, 0.6) is 0 Å². The molecule has 34 valence electrons. The van der Waals surface area contributed by atoms with E-state index in [9.17, 15) is 0 Å². The summed E-state index contributed by atoms with van der Waals surface area (Å²) in [7, 11) is 0. The molecule has 0 N–H and O–H groups in total. The molecule has 0 fully saturated rings. The second-order valence-corrected chi connectivity index (χ2v) is 0. The summed E-state index contributed by atoms with van der Waals surface area (Å²) in [6.45, 7) is 0. The predicted molar refractivity (Wildman–Crippen MR) is 5.75 cm³/mol. The second-order valence-electron chi connectivity index (χ2n) is 0. The summed E-state index contributed by atoms with van der Waals surface area (Å²) in [6, 6.07) is 0. The van der Waals surface area contributed by atoms with Crippen LogP contribution in [0.25, 0.3) is 0 Å². The fraction of sp³-hybridized carbons (Fsp3) is 0. The van der Waals surface area contributed by atoms with Crippen LogP contribution in [0.15, 0.2) is 0 Å². The summed E-state index contributed by atoms with van der Waals surface area (Å²) in [5.74, 6) is 0. The van der Waals surface area contributed by atoms with Crippen molar-refractivity contribution in [2.75, 3.05) is 0 Å². The zero-order valence-electron chi connectivity index (χ0n) is 2.95. The van der Waals surface area contributed by atoms with Gasteiger partial charge in [-0.25, -0.2) is 0 Å². The average Bonchev–Trinajstić information content (AvgIpc) is 0. The molecule has 0 aromatic rings. The van der Waals surface area contributed by atoms with Gasteiger partial charge in [0.2, 0.25) is 0 Å². The van der Waals surface area contributed by atoms with Crippen LogP contribution >= 0.6 is 0 Å². The van der Waals surface area contributed by atoms with Gasteiger partial charge in [0.15, 0.2) is 0 Å². The van der Waals surface area contributed by atoms with Gasteiger partial charge in [0.05, 0.1) is 0 Å². The van der Waals surface area contributed by atoms with Gasteiger partial charge in [-0.3, -0.25) is 0 Å². The van der Waals surface area contributed by atoms with Crippen LogP contribution in [-0.4, -0.2) is 27.3 Å². The van der Waals surface area contributed by atoms with Gasteiger partial charge in [-0.15, -0.1) is 0 Å². The summed E-state index contributed by atoms with van der Waals surface area (Å²) in [6.07, 6.45) is 0. The van der Waals surface area contributed by atoms with Gasteiger partial charge in [-0.1, -0.05) is 0 Å². The van der Waals surface area contributed by atoms with Crippen LogP contribution in [0, 0.1) is 0 Å². The Hall–Kier alpha value is 4.03. The third-order valence-corrected chi connectivity index (χ3v) is 0. The fourth-order valence-electron chi connectivity index (χ4n) is 0. The largest absolute Gasteiger partial charge is 0 e. The van der Waals surface area contributed by atoms with Gasteiger partial charge in [0.1, 0.15) is 0 Å². The molecule has 6 heteroatoms. The molecular weight excluding hydrogens is 559 g/mol. The average molecular weight is 559 g/mol. The molecule has 0 heterocycles. The minimum atomic E-state index is 0. The Morgan fingerprint density at radius 3 is 1.00 bits per heavy atom. The molecule has 0 amide bonds. The van der Waals surface area contributed by atoms with Gasteiger partial charge < -0.3 is 0 Å². The van der Waals surface area contributed by atoms with Gasteiger partial charge in [0.25, 0.3) is 0 Å². The van der Waals surface area contributed by atoms with Crippen molar-refractivity contribution in [2.45, 2.75) is 0 Å². The van der Waals surface area contributed by atoms with E-state index in [1.165, 1.54) is 0 Å². The monoisotopic (exact) mass is 560 g/mol. The van der Waals surface area contributed by atoms with Crippen molar-refractivity contribution in [1.82, 2.24) is 0 Å². The summed E-state index contributed by atoms with van der Waals surface area (Å²) >= 11 is 0. The summed E-state index contributed by atoms with van der Waals surface area (Å²) in [5, 5.41) is 0. The molecule has 0 nitrogen and oxygen atoms in total. The first kappa shape index (κ1) is 50.4. The maximum Gasteiger partial charge on any atom is 0 e. The van der Waals surface area contributed by atoms with Crippen molar-refractivity contribution in [1.29, 1.82) is 0 Å². The third-order valence-electron chi connectivity index (χ3n) is 0. The molecule has 0 spiro atoms. The van der Waals surface area contributed by atoms with Gasteiger partial charge in [0, 0.05) is 125 Å². The van der Waals surface area contributed by atoms with Crippen LogP contribution in [0.4, 0.5) is 0 Å². The molecule has 0 saturated heterocycles. The van der Waals surface area contributed by atoms with E-state index < -0.39 is 0 Å².